The number of thiophene rings is 1. The second kappa shape index (κ2) is 6.29. The molecule has 2 aromatic rings. The van der Waals surface area contributed by atoms with Crippen molar-refractivity contribution in [1.29, 1.82) is 0 Å². The van der Waals surface area contributed by atoms with Gasteiger partial charge in [0.1, 0.15) is 0 Å². The summed E-state index contributed by atoms with van der Waals surface area (Å²) in [5, 5.41) is 11.7. The zero-order valence-electron chi connectivity index (χ0n) is 10.2. The fourth-order valence-corrected chi connectivity index (χ4v) is 3.45. The highest BCUT2D eigenvalue weighted by molar-refractivity contribution is 7.89. The molecule has 1 atom stereocenters. The third-order valence-corrected chi connectivity index (χ3v) is 5.09. The normalized spacial score (nSPS) is 13.3. The smallest absolute Gasteiger partial charge is 0.240 e. The minimum atomic E-state index is -3.48. The number of sulfonamides is 1. The Morgan fingerprint density at radius 3 is 2.53 bits per heavy atom. The molecule has 0 amide bonds. The zero-order valence-corrected chi connectivity index (χ0v) is 11.8. The van der Waals surface area contributed by atoms with E-state index in [4.69, 9.17) is 0 Å². The topological polar surface area (TPSA) is 66.4 Å². The summed E-state index contributed by atoms with van der Waals surface area (Å²) in [6.07, 6.45) is -0.273. The highest BCUT2D eigenvalue weighted by Crippen LogP contribution is 2.21. The van der Waals surface area contributed by atoms with Gasteiger partial charge >= 0.3 is 0 Å². The van der Waals surface area contributed by atoms with Gasteiger partial charge < -0.3 is 5.11 Å². The summed E-state index contributed by atoms with van der Waals surface area (Å²) in [6.45, 7) is 0.205. The molecule has 2 rings (SSSR count). The molecule has 0 spiro atoms. The van der Waals surface area contributed by atoms with E-state index in [2.05, 4.69) is 4.72 Å². The summed E-state index contributed by atoms with van der Waals surface area (Å²) in [4.78, 5) is 1.08. The highest BCUT2D eigenvalue weighted by Gasteiger charge is 2.14. The molecule has 2 N–H and O–H groups in total. The van der Waals surface area contributed by atoms with Gasteiger partial charge in [-0.2, -0.15) is 0 Å². The van der Waals surface area contributed by atoms with Gasteiger partial charge in [-0.15, -0.1) is 11.3 Å². The zero-order chi connectivity index (χ0) is 13.7. The van der Waals surface area contributed by atoms with Crippen LogP contribution in [0.25, 0.3) is 0 Å². The van der Waals surface area contributed by atoms with E-state index < -0.39 is 16.1 Å². The number of nitrogens with one attached hydrogen (secondary N) is 1. The lowest BCUT2D eigenvalue weighted by molar-refractivity contribution is 0.173. The predicted octanol–water partition coefficient (Wildman–Crippen LogP) is 2.15. The average Bonchev–Trinajstić information content (AvgIpc) is 2.93. The number of hydrogen-bond donors (Lipinski definition) is 2. The van der Waals surface area contributed by atoms with Crippen LogP contribution in [0.15, 0.2) is 52.7 Å². The van der Waals surface area contributed by atoms with Crippen LogP contribution >= 0.6 is 11.3 Å². The molecule has 0 fully saturated rings. The molecule has 0 radical (unpaired) electrons. The van der Waals surface area contributed by atoms with E-state index in [1.54, 1.807) is 18.2 Å². The van der Waals surface area contributed by atoms with Gasteiger partial charge in [-0.25, -0.2) is 13.1 Å². The van der Waals surface area contributed by atoms with Crippen LogP contribution in [0.5, 0.6) is 0 Å². The Labute approximate surface area is 116 Å². The maximum absolute atomic E-state index is 11.9. The average molecular weight is 297 g/mol. The number of rotatable bonds is 6. The fraction of sp³-hybridized carbons (Fsp3) is 0.231. The van der Waals surface area contributed by atoms with Crippen molar-refractivity contribution < 1.29 is 13.5 Å². The summed E-state index contributed by atoms with van der Waals surface area (Å²) >= 11 is 1.46. The van der Waals surface area contributed by atoms with E-state index in [1.807, 2.05) is 17.5 Å². The Morgan fingerprint density at radius 1 is 1.16 bits per heavy atom. The van der Waals surface area contributed by atoms with Crippen molar-refractivity contribution in [2.75, 3.05) is 6.54 Å². The van der Waals surface area contributed by atoms with Crippen LogP contribution < -0.4 is 4.72 Å². The van der Waals surface area contributed by atoms with Gasteiger partial charge in [-0.05, 0) is 30.0 Å². The molecule has 6 heteroatoms. The quantitative estimate of drug-likeness (QED) is 0.858. The van der Waals surface area contributed by atoms with Gasteiger partial charge in [-0.1, -0.05) is 24.3 Å². The monoisotopic (exact) mass is 297 g/mol. The molecular weight excluding hydrogens is 282 g/mol. The van der Waals surface area contributed by atoms with Crippen molar-refractivity contribution >= 4 is 21.4 Å². The molecule has 0 saturated carbocycles. The van der Waals surface area contributed by atoms with Crippen LogP contribution in [0.4, 0.5) is 0 Å². The Hall–Kier alpha value is -1.21. The maximum Gasteiger partial charge on any atom is 0.240 e. The fourth-order valence-electron chi connectivity index (χ4n) is 1.64. The van der Waals surface area contributed by atoms with E-state index in [-0.39, 0.29) is 11.4 Å². The van der Waals surface area contributed by atoms with Crippen molar-refractivity contribution in [1.82, 2.24) is 4.72 Å². The van der Waals surface area contributed by atoms with E-state index in [9.17, 15) is 13.5 Å². The molecule has 4 nitrogen and oxygen atoms in total. The molecule has 0 aliphatic carbocycles. The SMILES string of the molecule is O=S(=O)(NCC[C@@H](O)c1cccs1)c1ccccc1. The third-order valence-electron chi connectivity index (χ3n) is 2.63. The lowest BCUT2D eigenvalue weighted by atomic mass is 10.2. The minimum Gasteiger partial charge on any atom is -0.388 e. The summed E-state index contributed by atoms with van der Waals surface area (Å²) in [5.41, 5.74) is 0. The minimum absolute atomic E-state index is 0.205. The summed E-state index contributed by atoms with van der Waals surface area (Å²) in [7, 11) is -3.48. The predicted molar refractivity (Wildman–Crippen MR) is 75.5 cm³/mol. The molecular formula is C13H15NO3S2. The van der Waals surface area contributed by atoms with E-state index in [0.29, 0.717) is 6.42 Å². The molecule has 1 heterocycles. The largest absolute Gasteiger partial charge is 0.388 e. The van der Waals surface area contributed by atoms with Crippen molar-refractivity contribution in [3.05, 3.63) is 52.7 Å². The van der Waals surface area contributed by atoms with Crippen molar-refractivity contribution in [2.45, 2.75) is 17.4 Å². The van der Waals surface area contributed by atoms with Gasteiger partial charge in [-0.3, -0.25) is 0 Å². The van der Waals surface area contributed by atoms with Gasteiger partial charge in [0.25, 0.3) is 0 Å². The summed E-state index contributed by atoms with van der Waals surface area (Å²) in [6, 6.07) is 11.9. The molecule has 0 unspecified atom stereocenters. The number of hydrogen-bond acceptors (Lipinski definition) is 4. The van der Waals surface area contributed by atoms with Crippen molar-refractivity contribution in [3.63, 3.8) is 0 Å². The first kappa shape index (κ1) is 14.2. The number of aliphatic hydroxyl groups excluding tert-OH is 1. The Morgan fingerprint density at radius 2 is 1.89 bits per heavy atom. The molecule has 1 aromatic carbocycles. The van der Waals surface area contributed by atoms with Crippen LogP contribution in [0, 0.1) is 0 Å². The molecule has 0 aliphatic heterocycles. The van der Waals surface area contributed by atoms with E-state index >= 15 is 0 Å². The van der Waals surface area contributed by atoms with Gasteiger partial charge in [0, 0.05) is 11.4 Å². The van der Waals surface area contributed by atoms with Crippen LogP contribution in [0.3, 0.4) is 0 Å². The highest BCUT2D eigenvalue weighted by atomic mass is 32.2. The van der Waals surface area contributed by atoms with Crippen LogP contribution in [-0.4, -0.2) is 20.1 Å². The molecule has 0 bridgehead atoms. The lowest BCUT2D eigenvalue weighted by Crippen LogP contribution is -2.25. The second-order valence-electron chi connectivity index (χ2n) is 4.03. The first-order valence-electron chi connectivity index (χ1n) is 5.86. The Balaban J connectivity index is 1.89. The molecule has 102 valence electrons. The van der Waals surface area contributed by atoms with Crippen molar-refractivity contribution in [3.8, 4) is 0 Å². The maximum atomic E-state index is 11.9. The van der Waals surface area contributed by atoms with Crippen LogP contribution in [0.2, 0.25) is 0 Å². The molecule has 0 aliphatic rings. The molecule has 19 heavy (non-hydrogen) atoms. The standard InChI is InChI=1S/C13H15NO3S2/c15-12(13-7-4-10-18-13)8-9-14-19(16,17)11-5-2-1-3-6-11/h1-7,10,12,14-15H,8-9H2/t12-/m1/s1. The number of benzene rings is 1. The second-order valence-corrected chi connectivity index (χ2v) is 6.78. The van der Waals surface area contributed by atoms with Gasteiger partial charge in [0.05, 0.1) is 11.0 Å². The molecule has 1 aromatic heterocycles. The van der Waals surface area contributed by atoms with Crippen molar-refractivity contribution in [2.24, 2.45) is 0 Å². The van der Waals surface area contributed by atoms with Crippen LogP contribution in [-0.2, 0) is 10.0 Å². The van der Waals surface area contributed by atoms with Gasteiger partial charge in [0.2, 0.25) is 10.0 Å². The molecule has 0 saturated heterocycles. The van der Waals surface area contributed by atoms with Gasteiger partial charge in [0.15, 0.2) is 0 Å². The van der Waals surface area contributed by atoms with E-state index in [1.165, 1.54) is 23.5 Å². The Kier molecular flexibility index (Phi) is 4.71. The summed E-state index contributed by atoms with van der Waals surface area (Å²) in [5.74, 6) is 0. The van der Waals surface area contributed by atoms with E-state index in [0.717, 1.165) is 4.88 Å². The first-order chi connectivity index (χ1) is 9.09. The Bertz CT molecular complexity index is 594. The third kappa shape index (κ3) is 3.87. The number of aliphatic hydroxyl groups is 1. The van der Waals surface area contributed by atoms with Crippen LogP contribution in [0.1, 0.15) is 17.4 Å². The lowest BCUT2D eigenvalue weighted by Gasteiger charge is -2.10. The summed E-state index contributed by atoms with van der Waals surface area (Å²) < 4.78 is 26.3. The first-order valence-corrected chi connectivity index (χ1v) is 8.22.